The van der Waals surface area contributed by atoms with E-state index in [1.807, 2.05) is 33.3 Å². The van der Waals surface area contributed by atoms with Crippen molar-refractivity contribution in [3.8, 4) is 0 Å². The second-order valence-electron chi connectivity index (χ2n) is 22.2. The number of nitrogens with one attached hydrogen (secondary N) is 1. The number of unbranched alkanes of at least 4 members (excludes halogenated alkanes) is 28. The van der Waals surface area contributed by atoms with Crippen LogP contribution in [-0.2, 0) is 27.9 Å². The predicted molar refractivity (Wildman–Crippen MR) is 325 cm³/mol. The monoisotopic (exact) mass is 1080 g/mol. The molecule has 0 heterocycles. The van der Waals surface area contributed by atoms with Crippen molar-refractivity contribution in [3.63, 3.8) is 0 Å². The summed E-state index contributed by atoms with van der Waals surface area (Å²) in [5, 5.41) is 3.02. The van der Waals surface area contributed by atoms with E-state index >= 15 is 0 Å². The van der Waals surface area contributed by atoms with Crippen LogP contribution in [0.5, 0.6) is 0 Å². The number of hydrogen-bond donors (Lipinski definition) is 1. The summed E-state index contributed by atoms with van der Waals surface area (Å²) < 4.78 is 30.3. The van der Waals surface area contributed by atoms with Gasteiger partial charge in [0.05, 0.1) is 33.8 Å². The van der Waals surface area contributed by atoms with Gasteiger partial charge in [-0.3, -0.25) is 14.2 Å². The predicted octanol–water partition coefficient (Wildman–Crippen LogP) is 18.8. The van der Waals surface area contributed by atoms with Crippen LogP contribution in [0.1, 0.15) is 271 Å². The molecule has 0 fully saturated rings. The van der Waals surface area contributed by atoms with Gasteiger partial charge < -0.3 is 28.5 Å². The fourth-order valence-corrected chi connectivity index (χ4v) is 9.48. The molecule has 10 heteroatoms. The van der Waals surface area contributed by atoms with Gasteiger partial charge >= 0.3 is 5.97 Å². The minimum Gasteiger partial charge on any atom is -0.756 e. The van der Waals surface area contributed by atoms with E-state index in [1.165, 1.54) is 128 Å². The second kappa shape index (κ2) is 55.5. The second-order valence-corrected chi connectivity index (χ2v) is 23.6. The van der Waals surface area contributed by atoms with E-state index in [-0.39, 0.29) is 24.9 Å². The summed E-state index contributed by atoms with van der Waals surface area (Å²) in [4.78, 5) is 39.9. The van der Waals surface area contributed by atoms with Gasteiger partial charge in [-0.1, -0.05) is 260 Å². The third-order valence-corrected chi connectivity index (χ3v) is 14.6. The van der Waals surface area contributed by atoms with Crippen LogP contribution in [-0.4, -0.2) is 69.4 Å². The molecule has 0 radical (unpaired) electrons. The van der Waals surface area contributed by atoms with Gasteiger partial charge in [0.1, 0.15) is 19.3 Å². The van der Waals surface area contributed by atoms with Crippen LogP contribution in [0.3, 0.4) is 0 Å². The zero-order valence-corrected chi connectivity index (χ0v) is 51.1. The summed E-state index contributed by atoms with van der Waals surface area (Å²) in [6, 6.07) is -0.892. The van der Waals surface area contributed by atoms with Crippen LogP contribution >= 0.6 is 7.82 Å². The van der Waals surface area contributed by atoms with E-state index in [1.54, 1.807) is 0 Å². The van der Waals surface area contributed by atoms with Crippen LogP contribution in [0, 0.1) is 0 Å². The topological polar surface area (TPSA) is 114 Å². The lowest BCUT2D eigenvalue weighted by atomic mass is 10.0. The Kier molecular flexibility index (Phi) is 53.5. The molecule has 0 aromatic heterocycles. The van der Waals surface area contributed by atoms with E-state index in [4.69, 9.17) is 13.8 Å². The van der Waals surface area contributed by atoms with E-state index in [9.17, 15) is 19.0 Å². The molecule has 0 bridgehead atoms. The largest absolute Gasteiger partial charge is 0.756 e. The smallest absolute Gasteiger partial charge is 0.306 e. The molecule has 0 aliphatic carbocycles. The van der Waals surface area contributed by atoms with Crippen molar-refractivity contribution in [1.29, 1.82) is 0 Å². The molecular weight excluding hydrogens is 964 g/mol. The Hall–Kier alpha value is -2.81. The average Bonchev–Trinajstić information content (AvgIpc) is 3.38. The first-order chi connectivity index (χ1) is 36.9. The van der Waals surface area contributed by atoms with E-state index in [0.717, 1.165) is 109 Å². The molecule has 3 atom stereocenters. The normalized spacial score (nSPS) is 14.2. The molecule has 1 amide bonds. The van der Waals surface area contributed by atoms with Crippen molar-refractivity contribution < 1.29 is 37.3 Å². The molecule has 76 heavy (non-hydrogen) atoms. The van der Waals surface area contributed by atoms with Gasteiger partial charge in [0.25, 0.3) is 7.82 Å². The first-order valence-electron chi connectivity index (χ1n) is 31.4. The molecule has 0 saturated carbocycles. The Morgan fingerprint density at radius 3 is 1.26 bits per heavy atom. The van der Waals surface area contributed by atoms with Gasteiger partial charge in [-0.25, -0.2) is 0 Å². The molecule has 0 rings (SSSR count). The standard InChI is InChI=1S/C66H119N2O7P/c1-7-10-13-16-19-22-25-27-28-29-30-31-32-33-34-35-36-37-38-39-40-41-44-47-50-53-56-59-66(70)75-64(57-54-51-48-45-43-26-23-20-17-14-11-8-2)63(62-74-76(71,72)73-61-60-68(4,5)6)67-65(69)58-55-52-49-46-42-24-21-18-15-12-9-3/h10,13,19,22,27-28,30-31,33-34,36-37,54,57,63-64H,7-9,11-12,14-18,20-21,23-26,29,32,35,38-53,55-56,58-62H2,1-6H3,(H-,67,69,71,72)/b13-10-,22-19-,28-27-,31-30-,34-33-,37-36-,57-54-. The number of carbonyl (C=O) groups excluding carboxylic acids is 2. The number of likely N-dealkylation sites (N-methyl/N-ethyl adjacent to an activating group) is 1. The summed E-state index contributed by atoms with van der Waals surface area (Å²) in [6.07, 6.45) is 72.7. The summed E-state index contributed by atoms with van der Waals surface area (Å²) in [6.45, 7) is 6.72. The number of phosphoric acid groups is 1. The summed E-state index contributed by atoms with van der Waals surface area (Å²) >= 11 is 0. The van der Waals surface area contributed by atoms with Crippen molar-refractivity contribution in [3.05, 3.63) is 85.1 Å². The first kappa shape index (κ1) is 73.2. The van der Waals surface area contributed by atoms with Crippen LogP contribution in [0.25, 0.3) is 0 Å². The lowest BCUT2D eigenvalue weighted by Gasteiger charge is -2.30. The highest BCUT2D eigenvalue weighted by Crippen LogP contribution is 2.38. The molecular formula is C66H119N2O7P. The van der Waals surface area contributed by atoms with Gasteiger partial charge in [-0.05, 0) is 83.1 Å². The van der Waals surface area contributed by atoms with Crippen molar-refractivity contribution >= 4 is 19.7 Å². The number of phosphoric ester groups is 1. The number of nitrogens with zero attached hydrogens (tertiary/aromatic N) is 1. The third kappa shape index (κ3) is 55.9. The minimum atomic E-state index is -4.70. The number of amides is 1. The summed E-state index contributed by atoms with van der Waals surface area (Å²) in [5.41, 5.74) is 0. The van der Waals surface area contributed by atoms with E-state index < -0.39 is 26.6 Å². The van der Waals surface area contributed by atoms with Crippen LogP contribution in [0.4, 0.5) is 0 Å². The van der Waals surface area contributed by atoms with Crippen LogP contribution in [0.2, 0.25) is 0 Å². The van der Waals surface area contributed by atoms with E-state index in [2.05, 4.69) is 99.0 Å². The van der Waals surface area contributed by atoms with Gasteiger partial charge in [0, 0.05) is 12.8 Å². The Morgan fingerprint density at radius 1 is 0.474 bits per heavy atom. The Bertz CT molecular complexity index is 1580. The molecule has 0 aromatic rings. The number of ether oxygens (including phenoxy) is 1. The molecule has 440 valence electrons. The molecule has 0 aliphatic heterocycles. The number of esters is 1. The molecule has 0 aliphatic rings. The van der Waals surface area contributed by atoms with Gasteiger partial charge in [0.15, 0.2) is 0 Å². The van der Waals surface area contributed by atoms with Gasteiger partial charge in [-0.2, -0.15) is 0 Å². The lowest BCUT2D eigenvalue weighted by molar-refractivity contribution is -0.870. The quantitative estimate of drug-likeness (QED) is 0.0212. The van der Waals surface area contributed by atoms with Crippen LogP contribution in [0.15, 0.2) is 85.1 Å². The fourth-order valence-electron chi connectivity index (χ4n) is 8.76. The maximum absolute atomic E-state index is 13.5. The third-order valence-electron chi connectivity index (χ3n) is 13.6. The van der Waals surface area contributed by atoms with E-state index in [0.29, 0.717) is 17.4 Å². The Balaban J connectivity index is 5.09. The average molecular weight is 1080 g/mol. The van der Waals surface area contributed by atoms with Crippen molar-refractivity contribution in [2.75, 3.05) is 40.9 Å². The molecule has 0 aromatic carbocycles. The number of hydrogen-bond acceptors (Lipinski definition) is 7. The Morgan fingerprint density at radius 2 is 0.842 bits per heavy atom. The maximum atomic E-state index is 13.5. The zero-order chi connectivity index (χ0) is 55.7. The molecule has 9 nitrogen and oxygen atoms in total. The van der Waals surface area contributed by atoms with Crippen molar-refractivity contribution in [1.82, 2.24) is 5.32 Å². The highest BCUT2D eigenvalue weighted by atomic mass is 31.2. The van der Waals surface area contributed by atoms with Gasteiger partial charge in [-0.15, -0.1) is 0 Å². The number of rotatable bonds is 56. The highest BCUT2D eigenvalue weighted by Gasteiger charge is 2.27. The highest BCUT2D eigenvalue weighted by molar-refractivity contribution is 7.45. The molecule has 0 spiro atoms. The first-order valence-corrected chi connectivity index (χ1v) is 32.9. The summed E-state index contributed by atoms with van der Waals surface area (Å²) in [5.74, 6) is -0.550. The fraction of sp³-hybridized carbons (Fsp3) is 0.758. The van der Waals surface area contributed by atoms with Crippen LogP contribution < -0.4 is 10.2 Å². The minimum absolute atomic E-state index is 0.0254. The maximum Gasteiger partial charge on any atom is 0.306 e. The summed E-state index contributed by atoms with van der Waals surface area (Å²) in [7, 11) is 1.18. The molecule has 0 saturated heterocycles. The van der Waals surface area contributed by atoms with Crippen molar-refractivity contribution in [2.24, 2.45) is 0 Å². The number of allylic oxidation sites excluding steroid dienone is 13. The zero-order valence-electron chi connectivity index (χ0n) is 50.2. The SMILES string of the molecule is CC/C=C\C/C=C\C/C=C\C/C=C\C/C=C\C/C=C\CCCCCCCCCCC(=O)OC(/C=C\CCCCCCCCCCCC)C(COP(=O)([O-])OCC[N+](C)(C)C)NC(=O)CCCCCCCCCCCCC. The Labute approximate surface area is 469 Å². The number of carbonyl (C=O) groups is 2. The lowest BCUT2D eigenvalue weighted by Crippen LogP contribution is -2.47. The van der Waals surface area contributed by atoms with Gasteiger partial charge in [0.2, 0.25) is 5.91 Å². The molecule has 3 unspecified atom stereocenters. The van der Waals surface area contributed by atoms with Crippen molar-refractivity contribution in [2.45, 2.75) is 283 Å². The number of quaternary nitrogens is 1. The molecule has 1 N–H and O–H groups in total.